The van der Waals surface area contributed by atoms with Gasteiger partial charge in [0.2, 0.25) is 5.56 Å². The van der Waals surface area contributed by atoms with Gasteiger partial charge in [0, 0.05) is 25.9 Å². The standard InChI is InChI=1S/C22H27F3N2O3/c1-26-13-16(6-7-21(26)29)17-10-18(22(23,24)25)12-20(11-17)30-15-19(28)14-27-8-4-2-3-5-9-27/h6-7,10-13,19,28H,2-5,8-9,14-15H2,1H3. The number of likely N-dealkylation sites (tertiary alicyclic amines) is 1. The fourth-order valence-corrected chi connectivity index (χ4v) is 3.64. The Hall–Kier alpha value is -2.32. The van der Waals surface area contributed by atoms with Gasteiger partial charge < -0.3 is 19.3 Å². The van der Waals surface area contributed by atoms with Crippen LogP contribution in [0.25, 0.3) is 11.1 Å². The minimum Gasteiger partial charge on any atom is -0.491 e. The van der Waals surface area contributed by atoms with Gasteiger partial charge in [-0.05, 0) is 61.3 Å². The lowest BCUT2D eigenvalue weighted by atomic mass is 10.0. The van der Waals surface area contributed by atoms with Crippen LogP contribution in [0, 0.1) is 0 Å². The maximum atomic E-state index is 13.4. The number of alkyl halides is 3. The molecule has 1 aliphatic heterocycles. The zero-order valence-corrected chi connectivity index (χ0v) is 17.0. The van der Waals surface area contributed by atoms with E-state index in [1.807, 2.05) is 0 Å². The molecule has 1 aromatic heterocycles. The summed E-state index contributed by atoms with van der Waals surface area (Å²) in [5, 5.41) is 10.3. The average molecular weight is 424 g/mol. The molecule has 164 valence electrons. The van der Waals surface area contributed by atoms with E-state index in [1.54, 1.807) is 0 Å². The summed E-state index contributed by atoms with van der Waals surface area (Å²) in [6.45, 7) is 2.17. The van der Waals surface area contributed by atoms with Crippen molar-refractivity contribution in [2.75, 3.05) is 26.2 Å². The van der Waals surface area contributed by atoms with Gasteiger partial charge in [0.1, 0.15) is 18.5 Å². The third kappa shape index (κ3) is 6.09. The first-order valence-electron chi connectivity index (χ1n) is 10.1. The lowest BCUT2D eigenvalue weighted by Crippen LogP contribution is -2.36. The normalized spacial score (nSPS) is 16.8. The Morgan fingerprint density at radius 3 is 2.40 bits per heavy atom. The smallest absolute Gasteiger partial charge is 0.416 e. The Morgan fingerprint density at radius 2 is 1.77 bits per heavy atom. The molecule has 0 amide bonds. The molecule has 0 aliphatic carbocycles. The Morgan fingerprint density at radius 1 is 1.07 bits per heavy atom. The molecule has 1 aliphatic rings. The van der Waals surface area contributed by atoms with E-state index in [1.165, 1.54) is 48.9 Å². The molecule has 0 radical (unpaired) electrons. The van der Waals surface area contributed by atoms with Crippen molar-refractivity contribution >= 4 is 0 Å². The second kappa shape index (κ2) is 9.66. The van der Waals surface area contributed by atoms with Crippen LogP contribution in [0.5, 0.6) is 5.75 Å². The average Bonchev–Trinajstić information content (AvgIpc) is 2.96. The zero-order valence-electron chi connectivity index (χ0n) is 17.0. The van der Waals surface area contributed by atoms with Gasteiger partial charge >= 0.3 is 6.18 Å². The van der Waals surface area contributed by atoms with Crippen molar-refractivity contribution in [2.45, 2.75) is 38.0 Å². The van der Waals surface area contributed by atoms with Crippen molar-refractivity contribution in [3.05, 3.63) is 52.4 Å². The van der Waals surface area contributed by atoms with Crippen molar-refractivity contribution in [3.8, 4) is 16.9 Å². The van der Waals surface area contributed by atoms with Gasteiger partial charge in [0.05, 0.1) is 5.56 Å². The minimum atomic E-state index is -4.54. The van der Waals surface area contributed by atoms with Crippen LogP contribution < -0.4 is 10.3 Å². The topological polar surface area (TPSA) is 54.7 Å². The second-order valence-electron chi connectivity index (χ2n) is 7.79. The van der Waals surface area contributed by atoms with Gasteiger partial charge in [0.15, 0.2) is 0 Å². The summed E-state index contributed by atoms with van der Waals surface area (Å²) in [7, 11) is 1.54. The van der Waals surface area contributed by atoms with Crippen molar-refractivity contribution < 1.29 is 23.0 Å². The number of rotatable bonds is 6. The number of halogens is 3. The van der Waals surface area contributed by atoms with Crippen molar-refractivity contribution in [1.82, 2.24) is 9.47 Å². The van der Waals surface area contributed by atoms with Crippen LogP contribution in [-0.4, -0.2) is 46.9 Å². The van der Waals surface area contributed by atoms with Gasteiger partial charge in [-0.15, -0.1) is 0 Å². The van der Waals surface area contributed by atoms with Gasteiger partial charge in [-0.1, -0.05) is 12.8 Å². The second-order valence-corrected chi connectivity index (χ2v) is 7.79. The first-order chi connectivity index (χ1) is 14.2. The first kappa shape index (κ1) is 22.4. The van der Waals surface area contributed by atoms with Crippen LogP contribution in [0.15, 0.2) is 41.3 Å². The quantitative estimate of drug-likeness (QED) is 0.769. The predicted molar refractivity (Wildman–Crippen MR) is 109 cm³/mol. The molecule has 0 spiro atoms. The molecule has 2 aromatic rings. The number of β-amino-alcohol motifs (C(OH)–C–C–N with tert-alkyl or cyclic N) is 1. The SMILES string of the molecule is Cn1cc(-c2cc(OCC(O)CN3CCCCCC3)cc(C(F)(F)F)c2)ccc1=O. The van der Waals surface area contributed by atoms with Gasteiger partial charge in [-0.2, -0.15) is 13.2 Å². The Bertz CT molecular complexity index is 903. The molecule has 3 rings (SSSR count). The Balaban J connectivity index is 1.76. The van der Waals surface area contributed by atoms with Crippen LogP contribution >= 0.6 is 0 Å². The number of nitrogens with zero attached hydrogens (tertiary/aromatic N) is 2. The van der Waals surface area contributed by atoms with E-state index in [4.69, 9.17) is 4.74 Å². The summed E-state index contributed by atoms with van der Waals surface area (Å²) in [4.78, 5) is 13.8. The number of aromatic nitrogens is 1. The largest absolute Gasteiger partial charge is 0.491 e. The molecule has 1 unspecified atom stereocenters. The molecule has 1 fully saturated rings. The molecule has 1 atom stereocenters. The van der Waals surface area contributed by atoms with E-state index in [0.29, 0.717) is 12.1 Å². The molecular weight excluding hydrogens is 397 g/mol. The van der Waals surface area contributed by atoms with Gasteiger partial charge in [0.25, 0.3) is 0 Å². The summed E-state index contributed by atoms with van der Waals surface area (Å²) in [6.07, 6.45) is 0.685. The third-order valence-corrected chi connectivity index (χ3v) is 5.26. The Labute approximate surface area is 173 Å². The van der Waals surface area contributed by atoms with Crippen LogP contribution in [-0.2, 0) is 13.2 Å². The number of hydrogen-bond acceptors (Lipinski definition) is 4. The van der Waals surface area contributed by atoms with E-state index in [-0.39, 0.29) is 23.5 Å². The van der Waals surface area contributed by atoms with Gasteiger partial charge in [-0.25, -0.2) is 0 Å². The third-order valence-electron chi connectivity index (χ3n) is 5.26. The van der Waals surface area contributed by atoms with Crippen LogP contribution in [0.4, 0.5) is 13.2 Å². The molecule has 1 saturated heterocycles. The van der Waals surface area contributed by atoms with E-state index >= 15 is 0 Å². The highest BCUT2D eigenvalue weighted by Crippen LogP contribution is 2.35. The number of benzene rings is 1. The summed E-state index contributed by atoms with van der Waals surface area (Å²) in [5.74, 6) is 0.0311. The monoisotopic (exact) mass is 424 g/mol. The van der Waals surface area contributed by atoms with Crippen molar-refractivity contribution in [1.29, 1.82) is 0 Å². The van der Waals surface area contributed by atoms with Crippen LogP contribution in [0.1, 0.15) is 31.2 Å². The number of aliphatic hydroxyl groups is 1. The maximum Gasteiger partial charge on any atom is 0.416 e. The summed E-state index contributed by atoms with van der Waals surface area (Å²) in [5.41, 5.74) is -0.333. The van der Waals surface area contributed by atoms with Crippen molar-refractivity contribution in [3.63, 3.8) is 0 Å². The molecule has 30 heavy (non-hydrogen) atoms. The van der Waals surface area contributed by atoms with E-state index in [9.17, 15) is 23.1 Å². The highest BCUT2D eigenvalue weighted by atomic mass is 19.4. The molecule has 8 heteroatoms. The molecule has 1 aromatic carbocycles. The molecular formula is C22H27F3N2O3. The zero-order chi connectivity index (χ0) is 21.7. The molecule has 0 saturated carbocycles. The first-order valence-corrected chi connectivity index (χ1v) is 10.1. The fourth-order valence-electron chi connectivity index (χ4n) is 3.64. The lowest BCUT2D eigenvalue weighted by Gasteiger charge is -2.23. The molecule has 0 bridgehead atoms. The molecule has 2 heterocycles. The predicted octanol–water partition coefficient (Wildman–Crippen LogP) is 3.69. The number of hydrogen-bond donors (Lipinski definition) is 1. The van der Waals surface area contributed by atoms with E-state index in [2.05, 4.69) is 4.90 Å². The van der Waals surface area contributed by atoms with Crippen LogP contribution in [0.2, 0.25) is 0 Å². The summed E-state index contributed by atoms with van der Waals surface area (Å²) in [6, 6.07) is 6.25. The number of ether oxygens (including phenoxy) is 1. The fraction of sp³-hybridized carbons (Fsp3) is 0.500. The minimum absolute atomic E-state index is 0.0311. The number of pyridine rings is 1. The maximum absolute atomic E-state index is 13.4. The lowest BCUT2D eigenvalue weighted by molar-refractivity contribution is -0.137. The summed E-state index contributed by atoms with van der Waals surface area (Å²) >= 11 is 0. The highest BCUT2D eigenvalue weighted by Gasteiger charge is 2.31. The summed E-state index contributed by atoms with van der Waals surface area (Å²) < 4.78 is 47.0. The number of aliphatic hydroxyl groups excluding tert-OH is 1. The van der Waals surface area contributed by atoms with Gasteiger partial charge in [-0.3, -0.25) is 4.79 Å². The van der Waals surface area contributed by atoms with Crippen LogP contribution in [0.3, 0.4) is 0 Å². The molecule has 5 nitrogen and oxygen atoms in total. The number of aryl methyl sites for hydroxylation is 1. The van der Waals surface area contributed by atoms with Crippen molar-refractivity contribution in [2.24, 2.45) is 7.05 Å². The Kier molecular flexibility index (Phi) is 7.20. The van der Waals surface area contributed by atoms with E-state index in [0.717, 1.165) is 38.1 Å². The van der Waals surface area contributed by atoms with E-state index < -0.39 is 17.8 Å². The highest BCUT2D eigenvalue weighted by molar-refractivity contribution is 5.65. The molecule has 1 N–H and O–H groups in total.